The molecule has 3 aromatic heterocycles. The van der Waals surface area contributed by atoms with Crippen molar-refractivity contribution in [3.8, 4) is 28.9 Å². The summed E-state index contributed by atoms with van der Waals surface area (Å²) < 4.78 is 17.3. The Hall–Kier alpha value is -4.34. The monoisotopic (exact) mass is 435 g/mol. The molecule has 0 radical (unpaired) electrons. The Morgan fingerprint density at radius 3 is 2.56 bits per heavy atom. The minimum Gasteiger partial charge on any atom is -0.493 e. The smallest absolute Gasteiger partial charge is 0.256 e. The summed E-state index contributed by atoms with van der Waals surface area (Å²) in [6, 6.07) is 9.92. The Morgan fingerprint density at radius 2 is 1.91 bits per heavy atom. The quantitative estimate of drug-likeness (QED) is 0.477. The van der Waals surface area contributed by atoms with E-state index in [9.17, 15) is 9.59 Å². The van der Waals surface area contributed by atoms with Crippen molar-refractivity contribution in [3.05, 3.63) is 69.8 Å². The van der Waals surface area contributed by atoms with Gasteiger partial charge in [0.05, 0.1) is 20.5 Å². The van der Waals surface area contributed by atoms with Gasteiger partial charge in [0.25, 0.3) is 11.5 Å². The lowest BCUT2D eigenvalue weighted by atomic mass is 10.2. The lowest BCUT2D eigenvalue weighted by Gasteiger charge is -2.11. The maximum atomic E-state index is 13.0. The number of furan rings is 1. The second kappa shape index (κ2) is 8.42. The number of hydrogen-bond acceptors (Lipinski definition) is 7. The predicted octanol–water partition coefficient (Wildman–Crippen LogP) is 3.10. The predicted molar refractivity (Wildman–Crippen MR) is 117 cm³/mol. The number of H-pyrrole nitrogens is 1. The molecule has 10 heteroatoms. The molecule has 164 valence electrons. The maximum Gasteiger partial charge on any atom is 0.256 e. The van der Waals surface area contributed by atoms with Crippen LogP contribution in [0.15, 0.2) is 51.9 Å². The molecule has 0 bridgehead atoms. The number of benzene rings is 1. The number of anilines is 1. The van der Waals surface area contributed by atoms with Gasteiger partial charge in [-0.25, -0.2) is 4.98 Å². The SMILES string of the molecule is COc1ccc(C(=O)Nc2cc(-c3ccco3)nn2-c2nc(C)c(C)c(=O)[nH]2)cc1OC. The number of aromatic nitrogens is 4. The van der Waals surface area contributed by atoms with Crippen LogP contribution >= 0.6 is 0 Å². The molecule has 1 aromatic carbocycles. The van der Waals surface area contributed by atoms with Crippen LogP contribution in [0.2, 0.25) is 0 Å². The fourth-order valence-electron chi connectivity index (χ4n) is 3.07. The summed E-state index contributed by atoms with van der Waals surface area (Å²) in [5.41, 5.74) is 1.56. The summed E-state index contributed by atoms with van der Waals surface area (Å²) in [5.74, 6) is 1.47. The highest BCUT2D eigenvalue weighted by molar-refractivity contribution is 6.04. The van der Waals surface area contributed by atoms with Crippen LogP contribution in [0.3, 0.4) is 0 Å². The van der Waals surface area contributed by atoms with Gasteiger partial charge in [-0.15, -0.1) is 0 Å². The van der Waals surface area contributed by atoms with Crippen LogP contribution in [-0.4, -0.2) is 39.9 Å². The van der Waals surface area contributed by atoms with Gasteiger partial charge in [-0.1, -0.05) is 0 Å². The number of rotatable bonds is 6. The van der Waals surface area contributed by atoms with Crippen molar-refractivity contribution in [3.63, 3.8) is 0 Å². The van der Waals surface area contributed by atoms with Gasteiger partial charge in [-0.3, -0.25) is 14.6 Å². The fraction of sp³-hybridized carbons (Fsp3) is 0.182. The van der Waals surface area contributed by atoms with E-state index in [1.165, 1.54) is 25.2 Å². The van der Waals surface area contributed by atoms with Gasteiger partial charge in [0.15, 0.2) is 17.3 Å². The van der Waals surface area contributed by atoms with Crippen LogP contribution < -0.4 is 20.3 Å². The number of amides is 1. The van der Waals surface area contributed by atoms with Crippen molar-refractivity contribution in [2.45, 2.75) is 13.8 Å². The summed E-state index contributed by atoms with van der Waals surface area (Å²) in [6.45, 7) is 3.41. The Kier molecular flexibility index (Phi) is 5.50. The molecule has 4 rings (SSSR count). The Morgan fingerprint density at radius 1 is 1.12 bits per heavy atom. The lowest BCUT2D eigenvalue weighted by molar-refractivity contribution is 0.102. The van der Waals surface area contributed by atoms with Crippen LogP contribution in [0.25, 0.3) is 17.4 Å². The number of nitrogens with one attached hydrogen (secondary N) is 2. The van der Waals surface area contributed by atoms with E-state index in [0.717, 1.165) is 0 Å². The van der Waals surface area contributed by atoms with E-state index in [4.69, 9.17) is 13.9 Å². The summed E-state index contributed by atoms with van der Waals surface area (Å²) in [5, 5.41) is 7.28. The third-order valence-electron chi connectivity index (χ3n) is 4.95. The molecule has 0 unspecified atom stereocenters. The first kappa shape index (κ1) is 20.9. The first-order valence-corrected chi connectivity index (χ1v) is 9.66. The number of nitrogens with zero attached hydrogens (tertiary/aromatic N) is 3. The van der Waals surface area contributed by atoms with Crippen molar-refractivity contribution >= 4 is 11.7 Å². The molecule has 0 saturated heterocycles. The number of methoxy groups -OCH3 is 2. The number of ether oxygens (including phenoxy) is 2. The number of carbonyl (C=O) groups excluding carboxylic acids is 1. The zero-order valence-electron chi connectivity index (χ0n) is 17.9. The first-order chi connectivity index (χ1) is 15.4. The fourth-order valence-corrected chi connectivity index (χ4v) is 3.07. The number of aryl methyl sites for hydroxylation is 1. The van der Waals surface area contributed by atoms with Crippen LogP contribution in [0.1, 0.15) is 21.6 Å². The number of carbonyl (C=O) groups is 1. The highest BCUT2D eigenvalue weighted by atomic mass is 16.5. The highest BCUT2D eigenvalue weighted by Crippen LogP contribution is 2.29. The molecule has 2 N–H and O–H groups in total. The molecule has 0 spiro atoms. The zero-order valence-corrected chi connectivity index (χ0v) is 17.9. The molecular weight excluding hydrogens is 414 g/mol. The molecule has 0 aliphatic rings. The minimum atomic E-state index is -0.413. The zero-order chi connectivity index (χ0) is 22.8. The lowest BCUT2D eigenvalue weighted by Crippen LogP contribution is -2.20. The van der Waals surface area contributed by atoms with Crippen LogP contribution in [-0.2, 0) is 0 Å². The summed E-state index contributed by atoms with van der Waals surface area (Å²) in [7, 11) is 3.01. The molecule has 4 aromatic rings. The van der Waals surface area contributed by atoms with Crippen LogP contribution in [0.5, 0.6) is 11.5 Å². The Bertz CT molecular complexity index is 1340. The van der Waals surface area contributed by atoms with Crippen LogP contribution in [0, 0.1) is 13.8 Å². The van der Waals surface area contributed by atoms with E-state index < -0.39 is 5.91 Å². The van der Waals surface area contributed by atoms with Gasteiger partial charge in [-0.05, 0) is 44.2 Å². The average Bonchev–Trinajstić information content (AvgIpc) is 3.46. The van der Waals surface area contributed by atoms with Crippen molar-refractivity contribution in [1.29, 1.82) is 0 Å². The van der Waals surface area contributed by atoms with Gasteiger partial charge >= 0.3 is 0 Å². The summed E-state index contributed by atoms with van der Waals surface area (Å²) in [4.78, 5) is 32.4. The molecule has 0 aliphatic heterocycles. The van der Waals surface area contributed by atoms with E-state index in [2.05, 4.69) is 20.4 Å². The molecule has 0 saturated carbocycles. The topological polar surface area (TPSA) is 124 Å². The third-order valence-corrected chi connectivity index (χ3v) is 4.95. The van der Waals surface area contributed by atoms with Gasteiger partial charge in [0.1, 0.15) is 11.5 Å². The summed E-state index contributed by atoms with van der Waals surface area (Å²) >= 11 is 0. The van der Waals surface area contributed by atoms with Crippen LogP contribution in [0.4, 0.5) is 5.82 Å². The van der Waals surface area contributed by atoms with E-state index in [-0.39, 0.29) is 11.5 Å². The van der Waals surface area contributed by atoms with Crippen molar-refractivity contribution < 1.29 is 18.7 Å². The van der Waals surface area contributed by atoms with E-state index in [1.807, 2.05) is 0 Å². The average molecular weight is 435 g/mol. The minimum absolute atomic E-state index is 0.165. The van der Waals surface area contributed by atoms with Crippen molar-refractivity contribution in [1.82, 2.24) is 19.7 Å². The Labute approximate surface area is 182 Å². The van der Waals surface area contributed by atoms with E-state index in [1.54, 1.807) is 50.2 Å². The highest BCUT2D eigenvalue weighted by Gasteiger charge is 2.19. The standard InChI is InChI=1S/C22H21N5O5/c1-12-13(2)23-22(25-20(12)28)27-19(11-15(26-27)16-6-5-9-32-16)24-21(29)14-7-8-17(30-3)18(10-14)31-4/h5-11H,1-4H3,(H,24,29)(H,23,25,28). The third kappa shape index (κ3) is 3.85. The van der Waals surface area contributed by atoms with Gasteiger partial charge < -0.3 is 19.2 Å². The Balaban J connectivity index is 1.76. The van der Waals surface area contributed by atoms with Gasteiger partial charge in [0.2, 0.25) is 5.95 Å². The van der Waals surface area contributed by atoms with Crippen molar-refractivity contribution in [2.75, 3.05) is 19.5 Å². The van der Waals surface area contributed by atoms with Crippen molar-refractivity contribution in [2.24, 2.45) is 0 Å². The summed E-state index contributed by atoms with van der Waals surface area (Å²) in [6.07, 6.45) is 1.52. The second-order valence-electron chi connectivity index (χ2n) is 6.93. The molecular formula is C22H21N5O5. The molecule has 1 amide bonds. The number of aromatic amines is 1. The molecule has 0 aliphatic carbocycles. The largest absolute Gasteiger partial charge is 0.493 e. The number of hydrogen-bond donors (Lipinski definition) is 2. The van der Waals surface area contributed by atoms with E-state index in [0.29, 0.717) is 45.6 Å². The first-order valence-electron chi connectivity index (χ1n) is 9.66. The van der Waals surface area contributed by atoms with E-state index >= 15 is 0 Å². The maximum absolute atomic E-state index is 13.0. The van der Waals surface area contributed by atoms with Gasteiger partial charge in [-0.2, -0.15) is 9.78 Å². The molecule has 32 heavy (non-hydrogen) atoms. The molecule has 0 fully saturated rings. The van der Waals surface area contributed by atoms with Gasteiger partial charge in [0, 0.05) is 22.9 Å². The second-order valence-corrected chi connectivity index (χ2v) is 6.93. The molecule has 0 atom stereocenters. The molecule has 10 nitrogen and oxygen atoms in total. The normalized spacial score (nSPS) is 10.8. The molecule has 3 heterocycles.